The van der Waals surface area contributed by atoms with Crippen molar-refractivity contribution in [3.8, 4) is 0 Å². The first-order valence-electron chi connectivity index (χ1n) is 3.10. The van der Waals surface area contributed by atoms with Crippen molar-refractivity contribution in [1.82, 2.24) is 0 Å². The van der Waals surface area contributed by atoms with E-state index in [4.69, 9.17) is 0 Å². The fraction of sp³-hybridized carbons (Fsp3) is 0.111. The summed E-state index contributed by atoms with van der Waals surface area (Å²) in [5, 5.41) is 0. The molecule has 0 radical (unpaired) electrons. The van der Waals surface area contributed by atoms with Gasteiger partial charge in [-0.1, -0.05) is 6.08 Å². The largest absolute Gasteiger partial charge is 2.00 e. The molecule has 0 fully saturated rings. The van der Waals surface area contributed by atoms with Crippen molar-refractivity contribution in [2.45, 2.75) is 6.42 Å². The Hall–Kier alpha value is 0.136. The molecular weight excluding hydrogens is 231 g/mol. The summed E-state index contributed by atoms with van der Waals surface area (Å²) in [4.78, 5) is 0. The van der Waals surface area contributed by atoms with E-state index in [1.165, 1.54) is 6.07 Å². The van der Waals surface area contributed by atoms with Gasteiger partial charge in [-0.15, -0.1) is 18.2 Å². The third kappa shape index (κ3) is 4.23. The van der Waals surface area contributed by atoms with Crippen molar-refractivity contribution >= 4 is 23.1 Å². The van der Waals surface area contributed by atoms with Crippen LogP contribution in [0.15, 0.2) is 30.9 Å². The van der Waals surface area contributed by atoms with E-state index in [0.29, 0.717) is 12.0 Å². The third-order valence-corrected chi connectivity index (χ3v) is 1.26. The van der Waals surface area contributed by atoms with Gasteiger partial charge in [-0.3, -0.25) is 4.39 Å². The Morgan fingerprint density at radius 1 is 1.58 bits per heavy atom. The second-order valence-corrected chi connectivity index (χ2v) is 2.01. The van der Waals surface area contributed by atoms with E-state index in [2.05, 4.69) is 12.6 Å². The first-order valence-corrected chi connectivity index (χ1v) is 3.10. The number of hydrogen-bond donors (Lipinski definition) is 0. The molecule has 0 aromatic heterocycles. The molecular formula is C9H8BrFMg. The van der Waals surface area contributed by atoms with Gasteiger partial charge in [0, 0.05) is 5.82 Å². The molecule has 0 N–H and O–H groups in total. The molecule has 0 unspecified atom stereocenters. The van der Waals surface area contributed by atoms with Crippen LogP contribution >= 0.6 is 0 Å². The van der Waals surface area contributed by atoms with Crippen LogP contribution in [-0.4, -0.2) is 23.1 Å². The molecule has 0 aliphatic rings. The van der Waals surface area contributed by atoms with Crippen LogP contribution < -0.4 is 17.0 Å². The smallest absolute Gasteiger partial charge is 1.00 e. The molecule has 3 heteroatoms. The maximum absolute atomic E-state index is 12.7. The van der Waals surface area contributed by atoms with Gasteiger partial charge < -0.3 is 17.0 Å². The zero-order valence-corrected chi connectivity index (χ0v) is 9.69. The maximum atomic E-state index is 12.7. The molecule has 1 rings (SSSR count). The molecule has 0 aliphatic heterocycles. The van der Waals surface area contributed by atoms with Gasteiger partial charge in [-0.05, 0) is 6.42 Å². The van der Waals surface area contributed by atoms with Crippen LogP contribution in [0.1, 0.15) is 5.56 Å². The van der Waals surface area contributed by atoms with Gasteiger partial charge >= 0.3 is 23.1 Å². The van der Waals surface area contributed by atoms with Crippen molar-refractivity contribution in [1.29, 1.82) is 0 Å². The summed E-state index contributed by atoms with van der Waals surface area (Å²) in [7, 11) is 0. The molecule has 0 heterocycles. The minimum atomic E-state index is -0.206. The Morgan fingerprint density at radius 3 is 2.75 bits per heavy atom. The van der Waals surface area contributed by atoms with Crippen LogP contribution in [0.5, 0.6) is 0 Å². The van der Waals surface area contributed by atoms with Gasteiger partial charge in [0.1, 0.15) is 0 Å². The summed E-state index contributed by atoms with van der Waals surface area (Å²) in [6.07, 6.45) is 2.26. The fourth-order valence-corrected chi connectivity index (χ4v) is 0.763. The van der Waals surface area contributed by atoms with Gasteiger partial charge in [0.2, 0.25) is 0 Å². The second kappa shape index (κ2) is 7.77. The summed E-state index contributed by atoms with van der Waals surface area (Å²) >= 11 is 0. The topological polar surface area (TPSA) is 0 Å². The van der Waals surface area contributed by atoms with Crippen LogP contribution in [0.4, 0.5) is 4.39 Å². The average molecular weight is 239 g/mol. The first kappa shape index (κ1) is 14.6. The van der Waals surface area contributed by atoms with E-state index >= 15 is 0 Å². The number of hydrogen-bond acceptors (Lipinski definition) is 0. The Kier molecular flexibility index (Phi) is 9.48. The van der Waals surface area contributed by atoms with E-state index in [9.17, 15) is 4.39 Å². The Labute approximate surface area is 98.8 Å². The molecule has 0 nitrogen and oxygen atoms in total. The van der Waals surface area contributed by atoms with Crippen LogP contribution in [0.25, 0.3) is 0 Å². The van der Waals surface area contributed by atoms with Gasteiger partial charge in [-0.25, -0.2) is 0 Å². The zero-order chi connectivity index (χ0) is 7.40. The normalized spacial score (nSPS) is 7.75. The molecule has 60 valence electrons. The summed E-state index contributed by atoms with van der Waals surface area (Å²) in [6, 6.07) is 7.38. The Bertz CT molecular complexity index is 238. The second-order valence-electron chi connectivity index (χ2n) is 2.01. The van der Waals surface area contributed by atoms with Gasteiger partial charge in [-0.2, -0.15) is 18.2 Å². The molecule has 0 amide bonds. The molecule has 1 aromatic rings. The molecule has 0 saturated carbocycles. The number of benzene rings is 1. The van der Waals surface area contributed by atoms with E-state index in [1.54, 1.807) is 18.2 Å². The minimum Gasteiger partial charge on any atom is -1.00 e. The van der Waals surface area contributed by atoms with Crippen LogP contribution in [0.3, 0.4) is 0 Å². The van der Waals surface area contributed by atoms with Crippen molar-refractivity contribution in [2.75, 3.05) is 0 Å². The first-order chi connectivity index (χ1) is 4.84. The van der Waals surface area contributed by atoms with Crippen molar-refractivity contribution in [2.24, 2.45) is 0 Å². The Morgan fingerprint density at radius 2 is 2.25 bits per heavy atom. The van der Waals surface area contributed by atoms with Gasteiger partial charge in [0.25, 0.3) is 0 Å². The molecule has 0 spiro atoms. The fourth-order valence-electron chi connectivity index (χ4n) is 0.763. The standard InChI is InChI=1S/C9H8F.BrH.Mg/c1-2-5-8-6-3-4-7-9(8)10;;/h2-3,6-7H,1,5H2;1H;/q-1;;+2/p-1. The summed E-state index contributed by atoms with van der Waals surface area (Å²) in [6.45, 7) is 3.52. The summed E-state index contributed by atoms with van der Waals surface area (Å²) in [5.41, 5.74) is 0.675. The van der Waals surface area contributed by atoms with E-state index in [1.807, 2.05) is 0 Å². The molecule has 0 bridgehead atoms. The number of allylic oxidation sites excluding steroid dienone is 1. The van der Waals surface area contributed by atoms with Crippen LogP contribution in [0.2, 0.25) is 0 Å². The van der Waals surface area contributed by atoms with E-state index in [0.717, 1.165) is 0 Å². The Balaban J connectivity index is 0. The van der Waals surface area contributed by atoms with Crippen LogP contribution in [0, 0.1) is 11.9 Å². The summed E-state index contributed by atoms with van der Waals surface area (Å²) < 4.78 is 12.7. The predicted molar refractivity (Wildman–Crippen MR) is 44.9 cm³/mol. The van der Waals surface area contributed by atoms with Crippen molar-refractivity contribution in [3.05, 3.63) is 48.3 Å². The zero-order valence-electron chi connectivity index (χ0n) is 6.69. The SMILES string of the molecule is C=CCc1cc[c-]cc1F.[Br-].[Mg+2]. The van der Waals surface area contributed by atoms with Gasteiger partial charge in [0.15, 0.2) is 0 Å². The molecule has 12 heavy (non-hydrogen) atoms. The summed E-state index contributed by atoms with van der Waals surface area (Å²) in [5.74, 6) is -0.206. The number of halogens is 2. The molecule has 0 atom stereocenters. The van der Waals surface area contributed by atoms with E-state index < -0.39 is 0 Å². The van der Waals surface area contributed by atoms with Gasteiger partial charge in [0.05, 0.1) is 0 Å². The van der Waals surface area contributed by atoms with Crippen molar-refractivity contribution in [3.63, 3.8) is 0 Å². The van der Waals surface area contributed by atoms with Crippen molar-refractivity contribution < 1.29 is 21.4 Å². The third-order valence-electron chi connectivity index (χ3n) is 1.26. The van der Waals surface area contributed by atoms with Crippen LogP contribution in [-0.2, 0) is 6.42 Å². The minimum absolute atomic E-state index is 0. The molecule has 0 saturated heterocycles. The molecule has 0 aliphatic carbocycles. The molecule has 1 aromatic carbocycles. The average Bonchev–Trinajstić information content (AvgIpc) is 1.94. The number of rotatable bonds is 2. The van der Waals surface area contributed by atoms with E-state index in [-0.39, 0.29) is 45.9 Å². The predicted octanol–water partition coefficient (Wildman–Crippen LogP) is -1.02. The quantitative estimate of drug-likeness (QED) is 0.352. The maximum Gasteiger partial charge on any atom is 2.00 e. The monoisotopic (exact) mass is 238 g/mol.